The number of aromatic nitrogens is 2. The Morgan fingerprint density at radius 2 is 2.17 bits per heavy atom. The highest BCUT2D eigenvalue weighted by Crippen LogP contribution is 2.16. The van der Waals surface area contributed by atoms with Crippen molar-refractivity contribution in [2.45, 2.75) is 6.92 Å². The van der Waals surface area contributed by atoms with Crippen LogP contribution in [0.5, 0.6) is 0 Å². The van der Waals surface area contributed by atoms with Gasteiger partial charge in [-0.1, -0.05) is 6.07 Å². The quantitative estimate of drug-likeness (QED) is 0.846. The highest BCUT2D eigenvalue weighted by molar-refractivity contribution is 6.02. The Morgan fingerprint density at radius 3 is 2.83 bits per heavy atom. The molecular weight excluding hydrogens is 235 g/mol. The van der Waals surface area contributed by atoms with Gasteiger partial charge in [0.05, 0.1) is 18.1 Å². The third-order valence-electron chi connectivity index (χ3n) is 2.26. The molecule has 0 saturated heterocycles. The molecule has 2 rings (SSSR count). The van der Waals surface area contributed by atoms with Gasteiger partial charge in [-0.05, 0) is 24.6 Å². The van der Waals surface area contributed by atoms with Crippen LogP contribution in [0.1, 0.15) is 16.1 Å². The minimum Gasteiger partial charge on any atom is -0.382 e. The second-order valence-electron chi connectivity index (χ2n) is 3.77. The predicted molar refractivity (Wildman–Crippen MR) is 65.5 cm³/mol. The van der Waals surface area contributed by atoms with E-state index in [2.05, 4.69) is 15.3 Å². The van der Waals surface area contributed by atoms with E-state index < -0.39 is 11.7 Å². The van der Waals surface area contributed by atoms with Crippen molar-refractivity contribution < 1.29 is 9.18 Å². The van der Waals surface area contributed by atoms with E-state index in [9.17, 15) is 9.18 Å². The average Bonchev–Trinajstić information content (AvgIpc) is 2.32. The van der Waals surface area contributed by atoms with Crippen molar-refractivity contribution in [3.05, 3.63) is 47.7 Å². The van der Waals surface area contributed by atoms with Crippen molar-refractivity contribution in [1.82, 2.24) is 9.97 Å². The average molecular weight is 246 g/mol. The fourth-order valence-corrected chi connectivity index (χ4v) is 1.40. The number of nitrogens with one attached hydrogen (secondary N) is 1. The lowest BCUT2D eigenvalue weighted by molar-refractivity contribution is 0.102. The summed E-state index contributed by atoms with van der Waals surface area (Å²) in [7, 11) is 0. The molecule has 0 aliphatic heterocycles. The van der Waals surface area contributed by atoms with Gasteiger partial charge in [-0.3, -0.25) is 9.78 Å². The van der Waals surface area contributed by atoms with Crippen molar-refractivity contribution in [3.63, 3.8) is 0 Å². The molecule has 18 heavy (non-hydrogen) atoms. The fraction of sp³-hybridized carbons (Fsp3) is 0.0833. The van der Waals surface area contributed by atoms with Crippen LogP contribution in [0.2, 0.25) is 0 Å². The Kier molecular flexibility index (Phi) is 3.18. The molecule has 0 aliphatic rings. The van der Waals surface area contributed by atoms with Crippen molar-refractivity contribution >= 4 is 17.4 Å². The van der Waals surface area contributed by atoms with Crippen LogP contribution in [0, 0.1) is 12.7 Å². The Labute approximate surface area is 103 Å². The number of halogens is 1. The van der Waals surface area contributed by atoms with E-state index in [1.807, 2.05) is 0 Å². The van der Waals surface area contributed by atoms with Crippen LogP contribution in [0.3, 0.4) is 0 Å². The number of aryl methyl sites for hydroxylation is 1. The van der Waals surface area contributed by atoms with Gasteiger partial charge in [-0.25, -0.2) is 9.37 Å². The molecule has 0 atom stereocenters. The lowest BCUT2D eigenvalue weighted by Gasteiger charge is -2.06. The maximum absolute atomic E-state index is 13.5. The van der Waals surface area contributed by atoms with E-state index in [0.717, 1.165) is 5.56 Å². The molecule has 0 aliphatic carbocycles. The lowest BCUT2D eigenvalue weighted by Crippen LogP contribution is -2.15. The van der Waals surface area contributed by atoms with E-state index in [1.54, 1.807) is 13.0 Å². The van der Waals surface area contributed by atoms with E-state index in [4.69, 9.17) is 5.73 Å². The zero-order valence-electron chi connectivity index (χ0n) is 9.64. The number of amides is 1. The summed E-state index contributed by atoms with van der Waals surface area (Å²) in [5.41, 5.74) is 6.31. The van der Waals surface area contributed by atoms with Gasteiger partial charge >= 0.3 is 0 Å². The second-order valence-corrected chi connectivity index (χ2v) is 3.77. The van der Waals surface area contributed by atoms with E-state index in [1.165, 1.54) is 24.5 Å². The molecule has 0 unspecified atom stereocenters. The SMILES string of the molecule is Cc1ccc(NC(=O)c2cncc(N)n2)c(F)c1. The Hall–Kier alpha value is -2.50. The summed E-state index contributed by atoms with van der Waals surface area (Å²) in [6.45, 7) is 1.76. The van der Waals surface area contributed by atoms with Crippen LogP contribution in [0.15, 0.2) is 30.6 Å². The van der Waals surface area contributed by atoms with Crippen molar-refractivity contribution in [2.75, 3.05) is 11.1 Å². The van der Waals surface area contributed by atoms with Crippen molar-refractivity contribution in [3.8, 4) is 0 Å². The Balaban J connectivity index is 2.21. The third kappa shape index (κ3) is 2.60. The minimum atomic E-state index is -0.558. The van der Waals surface area contributed by atoms with Crippen LogP contribution in [0.4, 0.5) is 15.9 Å². The molecule has 1 amide bonds. The Bertz CT molecular complexity index is 600. The number of rotatable bonds is 2. The van der Waals surface area contributed by atoms with Gasteiger partial charge < -0.3 is 11.1 Å². The fourth-order valence-electron chi connectivity index (χ4n) is 1.40. The maximum atomic E-state index is 13.5. The van der Waals surface area contributed by atoms with E-state index in [0.29, 0.717) is 0 Å². The zero-order chi connectivity index (χ0) is 13.1. The minimum absolute atomic E-state index is 0.0370. The summed E-state index contributed by atoms with van der Waals surface area (Å²) >= 11 is 0. The first-order valence-corrected chi connectivity index (χ1v) is 5.21. The number of hydrogen-bond donors (Lipinski definition) is 2. The molecule has 1 heterocycles. The molecule has 0 bridgehead atoms. The molecule has 1 aromatic carbocycles. The van der Waals surface area contributed by atoms with Crippen LogP contribution in [-0.2, 0) is 0 Å². The van der Waals surface area contributed by atoms with Gasteiger partial charge in [0, 0.05) is 0 Å². The van der Waals surface area contributed by atoms with Gasteiger partial charge in [0.25, 0.3) is 5.91 Å². The molecule has 2 aromatic rings. The molecule has 92 valence electrons. The molecule has 6 heteroatoms. The lowest BCUT2D eigenvalue weighted by atomic mass is 10.2. The summed E-state index contributed by atoms with van der Waals surface area (Å²) in [4.78, 5) is 19.3. The summed E-state index contributed by atoms with van der Waals surface area (Å²) in [5.74, 6) is -0.926. The van der Waals surface area contributed by atoms with Crippen LogP contribution < -0.4 is 11.1 Å². The summed E-state index contributed by atoms with van der Waals surface area (Å²) < 4.78 is 13.5. The van der Waals surface area contributed by atoms with Gasteiger partial charge in [0.15, 0.2) is 0 Å². The zero-order valence-corrected chi connectivity index (χ0v) is 9.64. The number of carbonyl (C=O) groups excluding carboxylic acids is 1. The molecule has 0 saturated carbocycles. The monoisotopic (exact) mass is 246 g/mol. The first kappa shape index (κ1) is 12.0. The highest BCUT2D eigenvalue weighted by Gasteiger charge is 2.11. The number of nitrogens with zero attached hydrogens (tertiary/aromatic N) is 2. The van der Waals surface area contributed by atoms with Crippen LogP contribution >= 0.6 is 0 Å². The maximum Gasteiger partial charge on any atom is 0.276 e. The topological polar surface area (TPSA) is 80.9 Å². The van der Waals surface area contributed by atoms with Crippen molar-refractivity contribution in [1.29, 1.82) is 0 Å². The standard InChI is InChI=1S/C12H11FN4O/c1-7-2-3-9(8(13)4-7)17-12(18)10-5-15-6-11(14)16-10/h2-6H,1H3,(H2,14,16)(H,17,18). The van der Waals surface area contributed by atoms with Gasteiger partial charge in [-0.15, -0.1) is 0 Å². The first-order valence-electron chi connectivity index (χ1n) is 5.21. The number of nitrogen functional groups attached to an aromatic ring is 1. The Morgan fingerprint density at radius 1 is 1.39 bits per heavy atom. The summed E-state index contributed by atoms with van der Waals surface area (Å²) in [6.07, 6.45) is 2.58. The molecule has 1 aromatic heterocycles. The number of anilines is 2. The predicted octanol–water partition coefficient (Wildman–Crippen LogP) is 1.76. The first-order chi connectivity index (χ1) is 8.56. The smallest absolute Gasteiger partial charge is 0.276 e. The van der Waals surface area contributed by atoms with Crippen LogP contribution in [-0.4, -0.2) is 15.9 Å². The van der Waals surface area contributed by atoms with Gasteiger partial charge in [0.1, 0.15) is 17.3 Å². The third-order valence-corrected chi connectivity index (χ3v) is 2.26. The van der Waals surface area contributed by atoms with Gasteiger partial charge in [0.2, 0.25) is 0 Å². The number of hydrogen-bond acceptors (Lipinski definition) is 4. The van der Waals surface area contributed by atoms with Gasteiger partial charge in [-0.2, -0.15) is 0 Å². The number of carbonyl (C=O) groups is 1. The molecular formula is C12H11FN4O. The molecule has 5 nitrogen and oxygen atoms in total. The molecule has 0 radical (unpaired) electrons. The van der Waals surface area contributed by atoms with Crippen LogP contribution in [0.25, 0.3) is 0 Å². The van der Waals surface area contributed by atoms with Crippen molar-refractivity contribution in [2.24, 2.45) is 0 Å². The largest absolute Gasteiger partial charge is 0.382 e. The summed E-state index contributed by atoms with van der Waals surface area (Å²) in [5, 5.41) is 2.41. The van der Waals surface area contributed by atoms with E-state index in [-0.39, 0.29) is 17.2 Å². The number of benzene rings is 1. The number of nitrogens with two attached hydrogens (primary N) is 1. The second kappa shape index (κ2) is 4.79. The molecule has 0 fully saturated rings. The molecule has 3 N–H and O–H groups in total. The normalized spacial score (nSPS) is 10.1. The molecule has 0 spiro atoms. The van der Waals surface area contributed by atoms with E-state index >= 15 is 0 Å². The highest BCUT2D eigenvalue weighted by atomic mass is 19.1. The summed E-state index contributed by atoms with van der Waals surface area (Å²) in [6, 6.07) is 4.52.